The number of rotatable bonds is 0. The quantitative estimate of drug-likeness (QED) is 0.431. The number of fused-ring (bicyclic) bond motifs is 1. The molecule has 1 aromatic carbocycles. The van der Waals surface area contributed by atoms with Crippen LogP contribution in [0.1, 0.15) is 0 Å². The zero-order valence-electron chi connectivity index (χ0n) is 6.31. The molecule has 0 aliphatic heterocycles. The van der Waals surface area contributed by atoms with Gasteiger partial charge in [-0.3, -0.25) is 0 Å². The first kappa shape index (κ1) is 10.7. The minimum atomic E-state index is 0.148. The number of hydrogen-bond acceptors (Lipinski definition) is 3. The SMILES string of the molecule is Sc1noc2c(Cl)c(Cl)c(Cl)c(Cl)c12. The number of benzene rings is 1. The maximum atomic E-state index is 5.93. The molecule has 0 saturated heterocycles. The van der Waals surface area contributed by atoms with Crippen LogP contribution < -0.4 is 0 Å². The fourth-order valence-corrected chi connectivity index (χ4v) is 2.31. The molecule has 0 saturated carbocycles. The lowest BCUT2D eigenvalue weighted by molar-refractivity contribution is 0.438. The van der Waals surface area contributed by atoms with Crippen molar-refractivity contribution in [3.8, 4) is 0 Å². The summed E-state index contributed by atoms with van der Waals surface area (Å²) >= 11 is 27.5. The Bertz CT molecular complexity index is 524. The Morgan fingerprint density at radius 1 is 0.929 bits per heavy atom. The van der Waals surface area contributed by atoms with Gasteiger partial charge in [-0.25, -0.2) is 0 Å². The van der Waals surface area contributed by atoms with Gasteiger partial charge in [-0.15, -0.1) is 12.6 Å². The highest BCUT2D eigenvalue weighted by atomic mass is 35.5. The van der Waals surface area contributed by atoms with Crippen LogP contribution in [0, 0.1) is 0 Å². The highest BCUT2D eigenvalue weighted by Crippen LogP contribution is 2.44. The van der Waals surface area contributed by atoms with E-state index in [4.69, 9.17) is 50.9 Å². The smallest absolute Gasteiger partial charge is 0.189 e. The van der Waals surface area contributed by atoms with Crippen LogP contribution in [0.3, 0.4) is 0 Å². The summed E-state index contributed by atoms with van der Waals surface area (Å²) in [5.41, 5.74) is 0.288. The standard InChI is InChI=1S/C7HCl4NOS/c8-2-1-6(13-12-7(1)14)5(11)4(10)3(2)9/h(H,12,14). The topological polar surface area (TPSA) is 26.0 Å². The molecule has 14 heavy (non-hydrogen) atoms. The maximum absolute atomic E-state index is 5.93. The molecule has 1 heterocycles. The summed E-state index contributed by atoms with van der Waals surface area (Å²) in [4.78, 5) is 0. The second-order valence-electron chi connectivity index (χ2n) is 2.47. The third-order valence-electron chi connectivity index (χ3n) is 1.67. The van der Waals surface area contributed by atoms with Gasteiger partial charge in [0.25, 0.3) is 0 Å². The first-order valence-corrected chi connectivity index (χ1v) is 5.30. The molecular formula is C7HCl4NOS. The van der Waals surface area contributed by atoms with Gasteiger partial charge < -0.3 is 4.52 Å². The molecule has 0 unspecified atom stereocenters. The third kappa shape index (κ3) is 1.39. The lowest BCUT2D eigenvalue weighted by atomic mass is 10.2. The number of nitrogens with zero attached hydrogens (tertiary/aromatic N) is 1. The van der Waals surface area contributed by atoms with Crippen LogP contribution in [0.25, 0.3) is 11.0 Å². The molecule has 0 aliphatic carbocycles. The number of halogens is 4. The van der Waals surface area contributed by atoms with E-state index in [2.05, 4.69) is 17.8 Å². The largest absolute Gasteiger partial charge is 0.353 e. The highest BCUT2D eigenvalue weighted by molar-refractivity contribution is 7.80. The Hall–Kier alpha value is 0.200. The van der Waals surface area contributed by atoms with Crippen LogP contribution in [-0.4, -0.2) is 5.16 Å². The molecule has 2 rings (SSSR count). The Balaban J connectivity index is 3.05. The fourth-order valence-electron chi connectivity index (χ4n) is 1.03. The predicted molar refractivity (Wildman–Crippen MR) is 61.3 cm³/mol. The molecule has 0 spiro atoms. The molecule has 74 valence electrons. The van der Waals surface area contributed by atoms with Gasteiger partial charge >= 0.3 is 0 Å². The Kier molecular flexibility index (Phi) is 2.79. The Morgan fingerprint density at radius 3 is 2.14 bits per heavy atom. The predicted octanol–water partition coefficient (Wildman–Crippen LogP) is 4.73. The van der Waals surface area contributed by atoms with E-state index in [0.717, 1.165) is 0 Å². The van der Waals surface area contributed by atoms with Crippen molar-refractivity contribution < 1.29 is 4.52 Å². The summed E-state index contributed by atoms with van der Waals surface area (Å²) < 4.78 is 4.91. The third-order valence-corrected chi connectivity index (χ3v) is 3.76. The van der Waals surface area contributed by atoms with Gasteiger partial charge in [0, 0.05) is 0 Å². The molecular weight excluding hydrogens is 288 g/mol. The van der Waals surface area contributed by atoms with Gasteiger partial charge in [-0.05, 0) is 0 Å². The minimum Gasteiger partial charge on any atom is -0.353 e. The lowest BCUT2D eigenvalue weighted by Gasteiger charge is -2.02. The molecule has 0 N–H and O–H groups in total. The second kappa shape index (κ2) is 3.65. The van der Waals surface area contributed by atoms with Crippen LogP contribution in [0.15, 0.2) is 9.55 Å². The minimum absolute atomic E-state index is 0.148. The van der Waals surface area contributed by atoms with Crippen molar-refractivity contribution >= 4 is 70.0 Å². The van der Waals surface area contributed by atoms with Crippen LogP contribution >= 0.6 is 59.0 Å². The Labute approximate surface area is 104 Å². The van der Waals surface area contributed by atoms with Crippen molar-refractivity contribution in [3.05, 3.63) is 20.1 Å². The van der Waals surface area contributed by atoms with Crippen molar-refractivity contribution in [2.24, 2.45) is 0 Å². The van der Waals surface area contributed by atoms with Gasteiger partial charge in [-0.1, -0.05) is 51.6 Å². The Morgan fingerprint density at radius 2 is 1.50 bits per heavy atom. The van der Waals surface area contributed by atoms with Crippen LogP contribution in [0.5, 0.6) is 0 Å². The monoisotopic (exact) mass is 287 g/mol. The van der Waals surface area contributed by atoms with Gasteiger partial charge in [0.1, 0.15) is 10.0 Å². The first-order valence-electron chi connectivity index (χ1n) is 3.34. The summed E-state index contributed by atoms with van der Waals surface area (Å²) in [6.45, 7) is 0. The lowest BCUT2D eigenvalue weighted by Crippen LogP contribution is -1.77. The highest BCUT2D eigenvalue weighted by Gasteiger charge is 2.20. The molecule has 0 atom stereocenters. The number of hydrogen-bond donors (Lipinski definition) is 1. The van der Waals surface area contributed by atoms with Crippen LogP contribution in [-0.2, 0) is 0 Å². The van der Waals surface area contributed by atoms with Crippen LogP contribution in [0.2, 0.25) is 20.1 Å². The molecule has 0 amide bonds. The van der Waals surface area contributed by atoms with Crippen molar-refractivity contribution in [1.82, 2.24) is 5.16 Å². The maximum Gasteiger partial charge on any atom is 0.189 e. The van der Waals surface area contributed by atoms with E-state index in [1.54, 1.807) is 0 Å². The average molecular weight is 289 g/mol. The van der Waals surface area contributed by atoms with Gasteiger partial charge in [0.15, 0.2) is 5.58 Å². The van der Waals surface area contributed by atoms with Crippen molar-refractivity contribution in [3.63, 3.8) is 0 Å². The first-order chi connectivity index (χ1) is 6.54. The normalized spacial score (nSPS) is 11.2. The molecule has 2 nitrogen and oxygen atoms in total. The molecule has 0 bridgehead atoms. The zero-order chi connectivity index (χ0) is 10.5. The second-order valence-corrected chi connectivity index (χ2v) is 4.40. The van der Waals surface area contributed by atoms with Gasteiger partial charge in [-0.2, -0.15) is 0 Å². The van der Waals surface area contributed by atoms with Gasteiger partial charge in [0.05, 0.1) is 20.5 Å². The summed E-state index contributed by atoms with van der Waals surface area (Å²) in [5.74, 6) is 0. The van der Waals surface area contributed by atoms with E-state index in [0.29, 0.717) is 10.4 Å². The van der Waals surface area contributed by atoms with Crippen molar-refractivity contribution in [2.75, 3.05) is 0 Å². The van der Waals surface area contributed by atoms with Crippen molar-refractivity contribution in [1.29, 1.82) is 0 Å². The van der Waals surface area contributed by atoms with E-state index < -0.39 is 0 Å². The van der Waals surface area contributed by atoms with Crippen molar-refractivity contribution in [2.45, 2.75) is 5.03 Å². The fraction of sp³-hybridized carbons (Fsp3) is 0. The molecule has 2 aromatic rings. The number of thiol groups is 1. The van der Waals surface area contributed by atoms with Gasteiger partial charge in [0.2, 0.25) is 0 Å². The molecule has 7 heteroatoms. The van der Waals surface area contributed by atoms with E-state index in [9.17, 15) is 0 Å². The summed E-state index contributed by atoms with van der Waals surface area (Å²) in [6.07, 6.45) is 0. The van der Waals surface area contributed by atoms with E-state index in [1.807, 2.05) is 0 Å². The van der Waals surface area contributed by atoms with E-state index >= 15 is 0 Å². The molecule has 1 aromatic heterocycles. The average Bonchev–Trinajstić information content (AvgIpc) is 2.54. The summed E-state index contributed by atoms with van der Waals surface area (Å²) in [7, 11) is 0. The molecule has 0 radical (unpaired) electrons. The van der Waals surface area contributed by atoms with Crippen LogP contribution in [0.4, 0.5) is 0 Å². The zero-order valence-corrected chi connectivity index (χ0v) is 10.2. The van der Waals surface area contributed by atoms with E-state index in [1.165, 1.54) is 0 Å². The molecule has 0 aliphatic rings. The number of aromatic nitrogens is 1. The summed E-state index contributed by atoms with van der Waals surface area (Å²) in [5, 5.41) is 5.14. The molecule has 0 fully saturated rings. The van der Waals surface area contributed by atoms with E-state index in [-0.39, 0.29) is 25.7 Å². The summed E-state index contributed by atoms with van der Waals surface area (Å²) in [6, 6.07) is 0.